The number of nitrogens with zero attached hydrogens (tertiary/aromatic N) is 3. The molecule has 0 amide bonds. The first kappa shape index (κ1) is 10.6. The molecule has 5 heteroatoms. The second-order valence-electron chi connectivity index (χ2n) is 2.93. The molecule has 3 nitrogen and oxygen atoms in total. The molecule has 2 aromatic rings. The molecule has 0 aliphatic heterocycles. The summed E-state index contributed by atoms with van der Waals surface area (Å²) in [5, 5.41) is 9.28. The minimum absolute atomic E-state index is 0.860. The van der Waals surface area contributed by atoms with Crippen molar-refractivity contribution < 1.29 is 0 Å². The SMILES string of the molecule is CCc1nnc(SCc2ccccn2)s1. The summed E-state index contributed by atoms with van der Waals surface area (Å²) in [6, 6.07) is 5.95. The number of thioether (sulfide) groups is 1. The van der Waals surface area contributed by atoms with Crippen LogP contribution in [0.15, 0.2) is 28.7 Å². The zero-order valence-electron chi connectivity index (χ0n) is 8.38. The molecule has 0 spiro atoms. The fourth-order valence-corrected chi connectivity index (χ4v) is 2.81. The second-order valence-corrected chi connectivity index (χ2v) is 5.21. The molecule has 0 saturated heterocycles. The summed E-state index contributed by atoms with van der Waals surface area (Å²) in [5.74, 6) is 0.860. The first-order chi connectivity index (χ1) is 7.38. The van der Waals surface area contributed by atoms with Gasteiger partial charge >= 0.3 is 0 Å². The number of rotatable bonds is 4. The highest BCUT2D eigenvalue weighted by atomic mass is 32.2. The van der Waals surface area contributed by atoms with Gasteiger partial charge in [0.15, 0.2) is 4.34 Å². The average Bonchev–Trinajstić information content (AvgIpc) is 2.76. The fourth-order valence-electron chi connectivity index (χ4n) is 1.06. The van der Waals surface area contributed by atoms with Crippen molar-refractivity contribution in [2.45, 2.75) is 23.4 Å². The number of aromatic nitrogens is 3. The fraction of sp³-hybridized carbons (Fsp3) is 0.300. The van der Waals surface area contributed by atoms with Gasteiger partial charge < -0.3 is 0 Å². The third-order valence-corrected chi connectivity index (χ3v) is 4.05. The molecule has 0 aliphatic carbocycles. The third-order valence-electron chi connectivity index (χ3n) is 1.82. The molecular weight excluding hydrogens is 226 g/mol. The predicted octanol–water partition coefficient (Wildman–Crippen LogP) is 2.79. The summed E-state index contributed by atoms with van der Waals surface area (Å²) in [4.78, 5) is 4.26. The maximum Gasteiger partial charge on any atom is 0.174 e. The third kappa shape index (κ3) is 3.00. The Morgan fingerprint density at radius 2 is 2.27 bits per heavy atom. The molecule has 0 bridgehead atoms. The van der Waals surface area contributed by atoms with Crippen molar-refractivity contribution in [1.29, 1.82) is 0 Å². The highest BCUT2D eigenvalue weighted by Gasteiger charge is 2.03. The Morgan fingerprint density at radius 1 is 1.33 bits per heavy atom. The van der Waals surface area contributed by atoms with E-state index in [0.717, 1.165) is 27.2 Å². The first-order valence-electron chi connectivity index (χ1n) is 4.73. The Labute approximate surface area is 97.0 Å². The van der Waals surface area contributed by atoms with Crippen LogP contribution >= 0.6 is 23.1 Å². The highest BCUT2D eigenvalue weighted by molar-refractivity contribution is 8.00. The van der Waals surface area contributed by atoms with E-state index in [9.17, 15) is 0 Å². The van der Waals surface area contributed by atoms with Gasteiger partial charge in [0.2, 0.25) is 0 Å². The molecule has 0 saturated carbocycles. The van der Waals surface area contributed by atoms with Gasteiger partial charge in [-0.2, -0.15) is 0 Å². The zero-order valence-corrected chi connectivity index (χ0v) is 10.0. The van der Waals surface area contributed by atoms with Crippen molar-refractivity contribution in [3.8, 4) is 0 Å². The molecule has 2 rings (SSSR count). The van der Waals surface area contributed by atoms with Crippen molar-refractivity contribution >= 4 is 23.1 Å². The van der Waals surface area contributed by atoms with Crippen LogP contribution in [-0.4, -0.2) is 15.2 Å². The molecule has 0 atom stereocenters. The van der Waals surface area contributed by atoms with Crippen LogP contribution in [0.2, 0.25) is 0 Å². The van der Waals surface area contributed by atoms with Crippen molar-refractivity contribution in [2.24, 2.45) is 0 Å². The van der Waals surface area contributed by atoms with Gasteiger partial charge in [-0.05, 0) is 18.6 Å². The summed E-state index contributed by atoms with van der Waals surface area (Å²) in [6.45, 7) is 2.09. The average molecular weight is 237 g/mol. The topological polar surface area (TPSA) is 38.7 Å². The molecule has 0 radical (unpaired) electrons. The number of aryl methyl sites for hydroxylation is 1. The van der Waals surface area contributed by atoms with Crippen LogP contribution in [0.3, 0.4) is 0 Å². The smallest absolute Gasteiger partial charge is 0.174 e. The molecular formula is C10H11N3S2. The van der Waals surface area contributed by atoms with Gasteiger partial charge in [-0.3, -0.25) is 4.98 Å². The van der Waals surface area contributed by atoms with Crippen molar-refractivity contribution in [1.82, 2.24) is 15.2 Å². The first-order valence-corrected chi connectivity index (χ1v) is 6.54. The van der Waals surface area contributed by atoms with E-state index in [1.165, 1.54) is 0 Å². The lowest BCUT2D eigenvalue weighted by molar-refractivity contribution is 0.943. The number of hydrogen-bond acceptors (Lipinski definition) is 5. The predicted molar refractivity (Wildman–Crippen MR) is 63.1 cm³/mol. The van der Waals surface area contributed by atoms with Gasteiger partial charge in [0, 0.05) is 11.9 Å². The van der Waals surface area contributed by atoms with Crippen molar-refractivity contribution in [3.05, 3.63) is 35.1 Å². The van der Waals surface area contributed by atoms with Gasteiger partial charge in [0.1, 0.15) is 5.01 Å². The Bertz CT molecular complexity index is 414. The molecule has 0 aromatic carbocycles. The van der Waals surface area contributed by atoms with Crippen LogP contribution in [0, 0.1) is 0 Å². The Balaban J connectivity index is 1.93. The Hall–Kier alpha value is -0.940. The van der Waals surface area contributed by atoms with Crippen molar-refractivity contribution in [3.63, 3.8) is 0 Å². The summed E-state index contributed by atoms with van der Waals surface area (Å²) in [5.41, 5.74) is 1.08. The summed E-state index contributed by atoms with van der Waals surface area (Å²) >= 11 is 3.36. The lowest BCUT2D eigenvalue weighted by Gasteiger charge is -1.95. The van der Waals surface area contributed by atoms with Crippen molar-refractivity contribution in [2.75, 3.05) is 0 Å². The number of hydrogen-bond donors (Lipinski definition) is 0. The van der Waals surface area contributed by atoms with E-state index >= 15 is 0 Å². The van der Waals surface area contributed by atoms with E-state index in [0.29, 0.717) is 0 Å². The van der Waals surface area contributed by atoms with Crippen LogP contribution in [-0.2, 0) is 12.2 Å². The molecule has 15 heavy (non-hydrogen) atoms. The molecule has 0 N–H and O–H groups in total. The standard InChI is InChI=1S/C10H11N3S2/c1-2-9-12-13-10(15-9)14-7-8-5-3-4-6-11-8/h3-6H,2,7H2,1H3. The van der Waals surface area contributed by atoms with Gasteiger partial charge in [0.05, 0.1) is 5.69 Å². The summed E-state index contributed by atoms with van der Waals surface area (Å²) < 4.78 is 1.03. The van der Waals surface area contributed by atoms with E-state index < -0.39 is 0 Å². The monoisotopic (exact) mass is 237 g/mol. The van der Waals surface area contributed by atoms with E-state index in [1.54, 1.807) is 23.1 Å². The maximum absolute atomic E-state index is 4.26. The van der Waals surface area contributed by atoms with Crippen LogP contribution in [0.5, 0.6) is 0 Å². The Kier molecular flexibility index (Phi) is 3.69. The van der Waals surface area contributed by atoms with E-state index in [1.807, 2.05) is 24.4 Å². The van der Waals surface area contributed by atoms with E-state index in [-0.39, 0.29) is 0 Å². The minimum atomic E-state index is 0.860. The summed E-state index contributed by atoms with van der Waals surface area (Å²) in [7, 11) is 0. The van der Waals surface area contributed by atoms with E-state index in [2.05, 4.69) is 22.1 Å². The number of pyridine rings is 1. The van der Waals surface area contributed by atoms with Crippen LogP contribution in [0.25, 0.3) is 0 Å². The van der Waals surface area contributed by atoms with Crippen LogP contribution in [0.4, 0.5) is 0 Å². The summed E-state index contributed by atoms with van der Waals surface area (Å²) in [6.07, 6.45) is 2.77. The van der Waals surface area contributed by atoms with Crippen LogP contribution in [0.1, 0.15) is 17.6 Å². The van der Waals surface area contributed by atoms with Gasteiger partial charge in [-0.1, -0.05) is 36.1 Å². The lowest BCUT2D eigenvalue weighted by Crippen LogP contribution is -1.83. The molecule has 0 unspecified atom stereocenters. The Morgan fingerprint density at radius 3 is 2.93 bits per heavy atom. The maximum atomic E-state index is 4.26. The van der Waals surface area contributed by atoms with Gasteiger partial charge in [0.25, 0.3) is 0 Å². The molecule has 2 heterocycles. The molecule has 78 valence electrons. The quantitative estimate of drug-likeness (QED) is 0.766. The second kappa shape index (κ2) is 5.23. The highest BCUT2D eigenvalue weighted by Crippen LogP contribution is 2.25. The van der Waals surface area contributed by atoms with Crippen LogP contribution < -0.4 is 0 Å². The van der Waals surface area contributed by atoms with Gasteiger partial charge in [-0.15, -0.1) is 10.2 Å². The normalized spacial score (nSPS) is 10.5. The molecule has 0 fully saturated rings. The molecule has 2 aromatic heterocycles. The lowest BCUT2D eigenvalue weighted by atomic mass is 10.4. The minimum Gasteiger partial charge on any atom is -0.260 e. The zero-order chi connectivity index (χ0) is 10.5. The van der Waals surface area contributed by atoms with E-state index in [4.69, 9.17) is 0 Å². The van der Waals surface area contributed by atoms with Gasteiger partial charge in [-0.25, -0.2) is 0 Å². The molecule has 0 aliphatic rings. The largest absolute Gasteiger partial charge is 0.260 e.